The van der Waals surface area contributed by atoms with Crippen LogP contribution in [-0.4, -0.2) is 20.7 Å². The summed E-state index contributed by atoms with van der Waals surface area (Å²) in [7, 11) is 0. The number of aryl methyl sites for hydroxylation is 2. The molecule has 0 saturated heterocycles. The highest BCUT2D eigenvalue weighted by Gasteiger charge is 2.10. The first-order valence-corrected chi connectivity index (χ1v) is 5.99. The zero-order chi connectivity index (χ0) is 13.1. The van der Waals surface area contributed by atoms with Crippen molar-refractivity contribution in [3.05, 3.63) is 41.3 Å². The largest absolute Gasteiger partial charge is 0.366 e. The number of aromatic nitrogens is 3. The van der Waals surface area contributed by atoms with Gasteiger partial charge in [0.1, 0.15) is 0 Å². The van der Waals surface area contributed by atoms with Crippen LogP contribution in [0.25, 0.3) is 5.82 Å². The molecule has 94 valence electrons. The highest BCUT2D eigenvalue weighted by Crippen LogP contribution is 2.13. The van der Waals surface area contributed by atoms with E-state index in [-0.39, 0.29) is 0 Å². The van der Waals surface area contributed by atoms with Crippen molar-refractivity contribution in [2.24, 2.45) is 5.73 Å². The Kier molecular flexibility index (Phi) is 3.41. The molecule has 2 aromatic rings. The van der Waals surface area contributed by atoms with Crippen molar-refractivity contribution in [3.63, 3.8) is 0 Å². The molecular formula is C13H16N4O. The van der Waals surface area contributed by atoms with Crippen molar-refractivity contribution in [3.8, 4) is 5.82 Å². The van der Waals surface area contributed by atoms with Crippen LogP contribution in [-0.2, 0) is 12.8 Å². The molecule has 1 amide bonds. The Morgan fingerprint density at radius 1 is 1.33 bits per heavy atom. The van der Waals surface area contributed by atoms with Crippen LogP contribution in [0.2, 0.25) is 0 Å². The van der Waals surface area contributed by atoms with Gasteiger partial charge in [-0.1, -0.05) is 13.8 Å². The second-order valence-corrected chi connectivity index (χ2v) is 4.01. The van der Waals surface area contributed by atoms with Crippen LogP contribution in [0.3, 0.4) is 0 Å². The average molecular weight is 244 g/mol. The second kappa shape index (κ2) is 5.00. The lowest BCUT2D eigenvalue weighted by Gasteiger charge is -2.05. The quantitative estimate of drug-likeness (QED) is 0.885. The predicted molar refractivity (Wildman–Crippen MR) is 68.6 cm³/mol. The molecule has 0 radical (unpaired) electrons. The Labute approximate surface area is 106 Å². The summed E-state index contributed by atoms with van der Waals surface area (Å²) in [6, 6.07) is 5.31. The first kappa shape index (κ1) is 12.3. The van der Waals surface area contributed by atoms with E-state index in [0.717, 1.165) is 24.2 Å². The Hall–Kier alpha value is -2.17. The molecule has 0 bridgehead atoms. The van der Waals surface area contributed by atoms with Gasteiger partial charge >= 0.3 is 0 Å². The lowest BCUT2D eigenvalue weighted by molar-refractivity contribution is 0.1000. The van der Waals surface area contributed by atoms with Gasteiger partial charge in [0, 0.05) is 17.5 Å². The fourth-order valence-electron chi connectivity index (χ4n) is 1.79. The van der Waals surface area contributed by atoms with E-state index >= 15 is 0 Å². The van der Waals surface area contributed by atoms with Crippen molar-refractivity contribution in [1.29, 1.82) is 0 Å². The molecule has 0 aromatic carbocycles. The fraction of sp³-hybridized carbons (Fsp3) is 0.308. The molecule has 2 rings (SSSR count). The number of carbonyl (C=O) groups excluding carboxylic acids is 1. The molecule has 0 aliphatic rings. The second-order valence-electron chi connectivity index (χ2n) is 4.01. The minimum absolute atomic E-state index is 0.440. The number of primary amides is 1. The van der Waals surface area contributed by atoms with Crippen LogP contribution in [0.1, 0.15) is 35.6 Å². The van der Waals surface area contributed by atoms with Gasteiger partial charge < -0.3 is 5.73 Å². The van der Waals surface area contributed by atoms with Gasteiger partial charge in [0.25, 0.3) is 0 Å². The molecular weight excluding hydrogens is 228 g/mol. The van der Waals surface area contributed by atoms with E-state index in [4.69, 9.17) is 5.73 Å². The Balaban J connectivity index is 2.50. The third kappa shape index (κ3) is 2.25. The topological polar surface area (TPSA) is 73.8 Å². The Bertz CT molecular complexity index is 574. The number of amides is 1. The molecule has 0 atom stereocenters. The van der Waals surface area contributed by atoms with E-state index in [1.165, 1.54) is 0 Å². The number of pyridine rings is 1. The van der Waals surface area contributed by atoms with Gasteiger partial charge in [0.15, 0.2) is 5.82 Å². The van der Waals surface area contributed by atoms with Crippen molar-refractivity contribution in [2.75, 3.05) is 0 Å². The summed E-state index contributed by atoms with van der Waals surface area (Å²) in [5, 5.41) is 4.47. The van der Waals surface area contributed by atoms with Gasteiger partial charge in [-0.2, -0.15) is 5.10 Å². The normalized spacial score (nSPS) is 10.6. The van der Waals surface area contributed by atoms with Crippen molar-refractivity contribution >= 4 is 5.91 Å². The first-order chi connectivity index (χ1) is 8.65. The van der Waals surface area contributed by atoms with E-state index in [9.17, 15) is 4.79 Å². The first-order valence-electron chi connectivity index (χ1n) is 5.99. The Morgan fingerprint density at radius 2 is 2.11 bits per heavy atom. The van der Waals surface area contributed by atoms with Crippen LogP contribution >= 0.6 is 0 Å². The lowest BCUT2D eigenvalue weighted by atomic mass is 10.2. The van der Waals surface area contributed by atoms with E-state index in [0.29, 0.717) is 11.4 Å². The predicted octanol–water partition coefficient (Wildman–Crippen LogP) is 1.49. The smallest absolute Gasteiger partial charge is 0.248 e. The molecule has 0 unspecified atom stereocenters. The van der Waals surface area contributed by atoms with Gasteiger partial charge in [0.2, 0.25) is 5.91 Å². The highest BCUT2D eigenvalue weighted by molar-refractivity contribution is 5.93. The highest BCUT2D eigenvalue weighted by atomic mass is 16.1. The molecule has 5 nitrogen and oxygen atoms in total. The minimum Gasteiger partial charge on any atom is -0.366 e. The SMILES string of the molecule is CCc1cc(CC)n(-c2cc(C(N)=O)ccn2)n1. The van der Waals surface area contributed by atoms with E-state index < -0.39 is 5.91 Å². The maximum Gasteiger partial charge on any atom is 0.248 e. The van der Waals surface area contributed by atoms with Crippen molar-refractivity contribution < 1.29 is 4.79 Å². The summed E-state index contributed by atoms with van der Waals surface area (Å²) in [4.78, 5) is 15.4. The third-order valence-electron chi connectivity index (χ3n) is 2.81. The van der Waals surface area contributed by atoms with E-state index in [1.807, 2.05) is 0 Å². The van der Waals surface area contributed by atoms with Gasteiger partial charge in [-0.3, -0.25) is 4.79 Å². The molecule has 0 aliphatic carbocycles. The van der Waals surface area contributed by atoms with Crippen molar-refractivity contribution in [1.82, 2.24) is 14.8 Å². The number of carbonyl (C=O) groups is 1. The molecule has 5 heteroatoms. The van der Waals surface area contributed by atoms with Gasteiger partial charge in [-0.15, -0.1) is 0 Å². The standard InChI is InChI=1S/C13H16N4O/c1-3-10-8-11(4-2)17(16-10)12-7-9(13(14)18)5-6-15-12/h5-8H,3-4H2,1-2H3,(H2,14,18). The molecule has 0 aliphatic heterocycles. The summed E-state index contributed by atoms with van der Waals surface area (Å²) in [6.45, 7) is 4.12. The average Bonchev–Trinajstić information content (AvgIpc) is 2.82. The summed E-state index contributed by atoms with van der Waals surface area (Å²) in [6.07, 6.45) is 3.30. The maximum absolute atomic E-state index is 11.2. The Morgan fingerprint density at radius 3 is 2.72 bits per heavy atom. The number of nitrogens with zero attached hydrogens (tertiary/aromatic N) is 3. The summed E-state index contributed by atoms with van der Waals surface area (Å²) in [5.74, 6) is 0.169. The zero-order valence-corrected chi connectivity index (χ0v) is 10.6. The van der Waals surface area contributed by atoms with Crippen LogP contribution in [0.4, 0.5) is 0 Å². The molecule has 18 heavy (non-hydrogen) atoms. The summed E-state index contributed by atoms with van der Waals surface area (Å²) < 4.78 is 1.77. The number of rotatable bonds is 4. The van der Waals surface area contributed by atoms with Crippen LogP contribution in [0.5, 0.6) is 0 Å². The molecule has 2 N–H and O–H groups in total. The molecule has 2 aromatic heterocycles. The fourth-order valence-corrected chi connectivity index (χ4v) is 1.79. The maximum atomic E-state index is 11.2. The van der Waals surface area contributed by atoms with Crippen molar-refractivity contribution in [2.45, 2.75) is 26.7 Å². The summed E-state index contributed by atoms with van der Waals surface area (Å²) >= 11 is 0. The third-order valence-corrected chi connectivity index (χ3v) is 2.81. The van der Waals surface area contributed by atoms with E-state index in [2.05, 4.69) is 30.0 Å². The molecule has 2 heterocycles. The molecule has 0 fully saturated rings. The number of hydrogen-bond acceptors (Lipinski definition) is 3. The van der Waals surface area contributed by atoms with Gasteiger partial charge in [-0.05, 0) is 31.0 Å². The lowest BCUT2D eigenvalue weighted by Crippen LogP contribution is -2.12. The zero-order valence-electron chi connectivity index (χ0n) is 10.6. The van der Waals surface area contributed by atoms with Crippen LogP contribution < -0.4 is 5.73 Å². The van der Waals surface area contributed by atoms with Gasteiger partial charge in [-0.25, -0.2) is 9.67 Å². The summed E-state index contributed by atoms with van der Waals surface area (Å²) in [5.41, 5.74) is 7.79. The number of nitrogens with two attached hydrogens (primary N) is 1. The van der Waals surface area contributed by atoms with Crippen LogP contribution in [0, 0.1) is 0 Å². The minimum atomic E-state index is -0.459. The van der Waals surface area contributed by atoms with E-state index in [1.54, 1.807) is 23.0 Å². The number of hydrogen-bond donors (Lipinski definition) is 1. The van der Waals surface area contributed by atoms with Gasteiger partial charge in [0.05, 0.1) is 5.69 Å². The van der Waals surface area contributed by atoms with Crippen LogP contribution in [0.15, 0.2) is 24.4 Å². The molecule has 0 spiro atoms. The monoisotopic (exact) mass is 244 g/mol. The molecule has 0 saturated carbocycles.